The zero-order valence-corrected chi connectivity index (χ0v) is 11.6. The summed E-state index contributed by atoms with van der Waals surface area (Å²) in [4.78, 5) is 0. The molecule has 0 aliphatic carbocycles. The third-order valence-electron chi connectivity index (χ3n) is 2.79. The lowest BCUT2D eigenvalue weighted by molar-refractivity contribution is 0.406. The number of nitrogens with zero attached hydrogens (tertiary/aromatic N) is 3. The molecule has 0 spiro atoms. The summed E-state index contributed by atoms with van der Waals surface area (Å²) in [5, 5.41) is 16.0. The first-order chi connectivity index (χ1) is 10.6. The Morgan fingerprint density at radius 1 is 1.05 bits per heavy atom. The largest absolute Gasteiger partial charge is 0.497 e. The number of benzene rings is 2. The number of rotatable bonds is 4. The Balaban J connectivity index is 2.12. The molecule has 0 aromatic heterocycles. The molecule has 0 N–H and O–H groups in total. The van der Waals surface area contributed by atoms with Crippen LogP contribution in [0.3, 0.4) is 0 Å². The van der Waals surface area contributed by atoms with Crippen molar-refractivity contribution < 1.29 is 13.5 Å². The Kier molecular flexibility index (Phi) is 4.94. The Labute approximate surface area is 126 Å². The molecule has 0 heterocycles. The molecular weight excluding hydrogens is 288 g/mol. The Morgan fingerprint density at radius 3 is 2.18 bits per heavy atom. The van der Waals surface area contributed by atoms with Crippen LogP contribution in [0.1, 0.15) is 16.7 Å². The van der Waals surface area contributed by atoms with Gasteiger partial charge in [-0.2, -0.15) is 15.5 Å². The summed E-state index contributed by atoms with van der Waals surface area (Å²) in [7, 11) is 1.32. The number of hydrogen-bond donors (Lipinski definition) is 0. The van der Waals surface area contributed by atoms with E-state index in [9.17, 15) is 8.78 Å². The highest BCUT2D eigenvalue weighted by atomic mass is 19.1. The molecule has 0 bridgehead atoms. The van der Waals surface area contributed by atoms with E-state index in [1.807, 2.05) is 6.07 Å². The van der Waals surface area contributed by atoms with Crippen LogP contribution in [0, 0.1) is 23.0 Å². The fourth-order valence-electron chi connectivity index (χ4n) is 1.64. The molecular formula is C16H11F2N3O. The topological polar surface area (TPSA) is 57.7 Å². The van der Waals surface area contributed by atoms with E-state index in [2.05, 4.69) is 10.2 Å². The summed E-state index contributed by atoms with van der Waals surface area (Å²) < 4.78 is 32.0. The van der Waals surface area contributed by atoms with Gasteiger partial charge in [0, 0.05) is 12.1 Å². The van der Waals surface area contributed by atoms with Crippen molar-refractivity contribution in [2.75, 3.05) is 7.11 Å². The van der Waals surface area contributed by atoms with Crippen molar-refractivity contribution in [1.29, 1.82) is 5.26 Å². The number of hydrogen-bond acceptors (Lipinski definition) is 4. The molecule has 0 saturated carbocycles. The summed E-state index contributed by atoms with van der Waals surface area (Å²) in [6, 6.07) is 10.8. The highest BCUT2D eigenvalue weighted by Crippen LogP contribution is 2.19. The second-order valence-corrected chi connectivity index (χ2v) is 4.23. The molecule has 2 aromatic carbocycles. The third kappa shape index (κ3) is 3.73. The average Bonchev–Trinajstić information content (AvgIpc) is 2.53. The standard InChI is InChI=1S/C16H11F2N3O/c1-22-13-6-15(17)14(16(18)7-13)10-21-20-9-12-4-2-11(8-19)3-5-12/h2-7,9-10H,1H3/b20-9+,21-10+. The maximum atomic E-state index is 13.6. The van der Waals surface area contributed by atoms with Gasteiger partial charge in [-0.1, -0.05) is 12.1 Å². The SMILES string of the molecule is COc1cc(F)c(/C=N/N=C/c2ccc(C#N)cc2)c(F)c1. The highest BCUT2D eigenvalue weighted by Gasteiger charge is 2.09. The van der Waals surface area contributed by atoms with Crippen LogP contribution in [0.5, 0.6) is 5.75 Å². The lowest BCUT2D eigenvalue weighted by Gasteiger charge is -2.02. The maximum absolute atomic E-state index is 13.6. The van der Waals surface area contributed by atoms with Gasteiger partial charge in [-0.3, -0.25) is 0 Å². The van der Waals surface area contributed by atoms with Crippen molar-refractivity contribution in [1.82, 2.24) is 0 Å². The summed E-state index contributed by atoms with van der Waals surface area (Å²) in [6.45, 7) is 0. The van der Waals surface area contributed by atoms with Gasteiger partial charge in [0.25, 0.3) is 0 Å². The fourth-order valence-corrected chi connectivity index (χ4v) is 1.64. The van der Waals surface area contributed by atoms with E-state index < -0.39 is 11.6 Å². The van der Waals surface area contributed by atoms with Crippen molar-refractivity contribution in [3.8, 4) is 11.8 Å². The molecule has 22 heavy (non-hydrogen) atoms. The predicted molar refractivity (Wildman–Crippen MR) is 79.3 cm³/mol. The maximum Gasteiger partial charge on any atom is 0.138 e. The first-order valence-electron chi connectivity index (χ1n) is 6.23. The van der Waals surface area contributed by atoms with Crippen LogP contribution in [0.4, 0.5) is 8.78 Å². The monoisotopic (exact) mass is 299 g/mol. The second-order valence-electron chi connectivity index (χ2n) is 4.23. The first-order valence-corrected chi connectivity index (χ1v) is 6.23. The van der Waals surface area contributed by atoms with E-state index in [-0.39, 0.29) is 11.3 Å². The Morgan fingerprint density at radius 2 is 1.64 bits per heavy atom. The molecule has 2 rings (SSSR count). The van der Waals surface area contributed by atoms with Crippen LogP contribution < -0.4 is 4.74 Å². The van der Waals surface area contributed by atoms with Gasteiger partial charge in [-0.05, 0) is 17.7 Å². The van der Waals surface area contributed by atoms with Crippen molar-refractivity contribution in [2.24, 2.45) is 10.2 Å². The van der Waals surface area contributed by atoms with Crippen LogP contribution >= 0.6 is 0 Å². The zero-order chi connectivity index (χ0) is 15.9. The van der Waals surface area contributed by atoms with Crippen molar-refractivity contribution in [3.05, 3.63) is 64.7 Å². The number of nitriles is 1. The number of halogens is 2. The van der Waals surface area contributed by atoms with Crippen LogP contribution in [0.15, 0.2) is 46.6 Å². The minimum absolute atomic E-state index is 0.0910. The lowest BCUT2D eigenvalue weighted by atomic mass is 10.2. The normalized spacial score (nSPS) is 11.0. The lowest BCUT2D eigenvalue weighted by Crippen LogP contribution is -1.96. The van der Waals surface area contributed by atoms with Crippen molar-refractivity contribution in [3.63, 3.8) is 0 Å². The van der Waals surface area contributed by atoms with Gasteiger partial charge < -0.3 is 4.74 Å². The van der Waals surface area contributed by atoms with Gasteiger partial charge in [0.15, 0.2) is 0 Å². The number of ether oxygens (including phenoxy) is 1. The number of methoxy groups -OCH3 is 1. The van der Waals surface area contributed by atoms with Gasteiger partial charge in [-0.15, -0.1) is 0 Å². The van der Waals surface area contributed by atoms with Gasteiger partial charge in [0.2, 0.25) is 0 Å². The minimum Gasteiger partial charge on any atom is -0.497 e. The summed E-state index contributed by atoms with van der Waals surface area (Å²) in [5.74, 6) is -1.48. The third-order valence-corrected chi connectivity index (χ3v) is 2.79. The molecule has 0 radical (unpaired) electrons. The molecule has 4 nitrogen and oxygen atoms in total. The van der Waals surface area contributed by atoms with Crippen LogP contribution in [-0.4, -0.2) is 19.5 Å². The molecule has 0 atom stereocenters. The quantitative estimate of drug-likeness (QED) is 0.642. The fraction of sp³-hybridized carbons (Fsp3) is 0.0625. The molecule has 0 aliphatic heterocycles. The van der Waals surface area contributed by atoms with E-state index in [0.29, 0.717) is 11.1 Å². The predicted octanol–water partition coefficient (Wildman–Crippen LogP) is 3.30. The van der Waals surface area contributed by atoms with Crippen molar-refractivity contribution >= 4 is 12.4 Å². The Bertz CT molecular complexity index is 739. The summed E-state index contributed by atoms with van der Waals surface area (Å²) in [6.07, 6.45) is 2.40. The Hall–Kier alpha value is -3.07. The van der Waals surface area contributed by atoms with Crippen LogP contribution in [0.25, 0.3) is 0 Å². The first kappa shape index (κ1) is 15.3. The van der Waals surface area contributed by atoms with E-state index in [0.717, 1.165) is 18.3 Å². The van der Waals surface area contributed by atoms with Crippen LogP contribution in [0.2, 0.25) is 0 Å². The zero-order valence-electron chi connectivity index (χ0n) is 11.6. The molecule has 6 heteroatoms. The van der Waals surface area contributed by atoms with E-state index in [4.69, 9.17) is 10.00 Å². The molecule has 0 saturated heterocycles. The highest BCUT2D eigenvalue weighted by molar-refractivity contribution is 5.83. The second kappa shape index (κ2) is 7.09. The van der Waals surface area contributed by atoms with Gasteiger partial charge in [-0.25, -0.2) is 8.78 Å². The van der Waals surface area contributed by atoms with Crippen molar-refractivity contribution in [2.45, 2.75) is 0 Å². The van der Waals surface area contributed by atoms with E-state index in [1.54, 1.807) is 24.3 Å². The summed E-state index contributed by atoms with van der Waals surface area (Å²) in [5.41, 5.74) is 0.952. The van der Waals surface area contributed by atoms with E-state index >= 15 is 0 Å². The van der Waals surface area contributed by atoms with E-state index in [1.165, 1.54) is 13.3 Å². The summed E-state index contributed by atoms with van der Waals surface area (Å²) >= 11 is 0. The van der Waals surface area contributed by atoms with Gasteiger partial charge in [0.1, 0.15) is 17.4 Å². The smallest absolute Gasteiger partial charge is 0.138 e. The molecule has 110 valence electrons. The van der Waals surface area contributed by atoms with Gasteiger partial charge in [0.05, 0.1) is 36.7 Å². The molecule has 0 fully saturated rings. The van der Waals surface area contributed by atoms with Crippen LogP contribution in [-0.2, 0) is 0 Å². The average molecular weight is 299 g/mol. The molecule has 0 unspecified atom stereocenters. The minimum atomic E-state index is -0.783. The van der Waals surface area contributed by atoms with Gasteiger partial charge >= 0.3 is 0 Å². The molecule has 0 amide bonds. The molecule has 2 aromatic rings. The molecule has 0 aliphatic rings.